The standard InChI is InChI=1S/C10H12FNO2/c11-9-7-2-1-6(12)3-5(7)4-8(13)10(9)14/h4,6,13-14H,1-3,12H2. The first kappa shape index (κ1) is 9.27. The Labute approximate surface area is 81.0 Å². The highest BCUT2D eigenvalue weighted by Crippen LogP contribution is 2.35. The topological polar surface area (TPSA) is 66.5 Å². The molecule has 0 aliphatic heterocycles. The summed E-state index contributed by atoms with van der Waals surface area (Å²) in [6, 6.07) is 1.41. The van der Waals surface area contributed by atoms with Crippen molar-refractivity contribution in [1.29, 1.82) is 0 Å². The van der Waals surface area contributed by atoms with Crippen LogP contribution in [-0.2, 0) is 12.8 Å². The van der Waals surface area contributed by atoms with E-state index in [1.165, 1.54) is 6.07 Å². The van der Waals surface area contributed by atoms with E-state index in [1.54, 1.807) is 0 Å². The van der Waals surface area contributed by atoms with Gasteiger partial charge in [0.05, 0.1) is 0 Å². The summed E-state index contributed by atoms with van der Waals surface area (Å²) in [5.41, 5.74) is 6.91. The normalized spacial score (nSPS) is 20.6. The Morgan fingerprint density at radius 1 is 1.43 bits per heavy atom. The van der Waals surface area contributed by atoms with Crippen molar-refractivity contribution in [3.63, 3.8) is 0 Å². The molecule has 1 atom stereocenters. The molecule has 0 aromatic heterocycles. The summed E-state index contributed by atoms with van der Waals surface area (Å²) in [7, 11) is 0. The highest BCUT2D eigenvalue weighted by molar-refractivity contribution is 5.48. The molecule has 0 fully saturated rings. The Hall–Kier alpha value is -1.29. The molecule has 1 aliphatic carbocycles. The zero-order chi connectivity index (χ0) is 10.3. The second kappa shape index (κ2) is 3.13. The zero-order valence-electron chi connectivity index (χ0n) is 7.63. The van der Waals surface area contributed by atoms with E-state index in [-0.39, 0.29) is 6.04 Å². The quantitative estimate of drug-likeness (QED) is 0.545. The molecule has 3 nitrogen and oxygen atoms in total. The van der Waals surface area contributed by atoms with Crippen LogP contribution in [0.5, 0.6) is 11.5 Å². The fourth-order valence-electron chi connectivity index (χ4n) is 1.88. The summed E-state index contributed by atoms with van der Waals surface area (Å²) < 4.78 is 13.4. The Bertz CT molecular complexity index is 379. The largest absolute Gasteiger partial charge is 0.504 e. The summed E-state index contributed by atoms with van der Waals surface area (Å²) >= 11 is 0. The monoisotopic (exact) mass is 197 g/mol. The van der Waals surface area contributed by atoms with Gasteiger partial charge in [0.25, 0.3) is 0 Å². The number of fused-ring (bicyclic) bond motifs is 1. The summed E-state index contributed by atoms with van der Waals surface area (Å²) in [6.07, 6.45) is 1.80. The number of phenols is 2. The second-order valence-corrected chi connectivity index (χ2v) is 3.70. The lowest BCUT2D eigenvalue weighted by Gasteiger charge is -2.22. The van der Waals surface area contributed by atoms with Gasteiger partial charge in [0.1, 0.15) is 0 Å². The lowest BCUT2D eigenvalue weighted by atomic mass is 9.88. The molecule has 1 unspecified atom stereocenters. The van der Waals surface area contributed by atoms with Gasteiger partial charge in [-0.05, 0) is 36.5 Å². The van der Waals surface area contributed by atoms with Gasteiger partial charge in [-0.2, -0.15) is 0 Å². The predicted octanol–water partition coefficient (Wildman–Crippen LogP) is 1.05. The Balaban J connectivity index is 2.54. The number of benzene rings is 1. The van der Waals surface area contributed by atoms with Gasteiger partial charge in [-0.15, -0.1) is 0 Å². The van der Waals surface area contributed by atoms with Crippen molar-refractivity contribution < 1.29 is 14.6 Å². The zero-order valence-corrected chi connectivity index (χ0v) is 7.63. The molecule has 0 amide bonds. The smallest absolute Gasteiger partial charge is 0.194 e. The van der Waals surface area contributed by atoms with Crippen LogP contribution < -0.4 is 5.73 Å². The maximum absolute atomic E-state index is 13.4. The summed E-state index contributed by atoms with van der Waals surface area (Å²) in [4.78, 5) is 0. The van der Waals surface area contributed by atoms with E-state index in [0.29, 0.717) is 30.4 Å². The van der Waals surface area contributed by atoms with Gasteiger partial charge in [-0.1, -0.05) is 0 Å². The number of nitrogens with two attached hydrogens (primary N) is 1. The van der Waals surface area contributed by atoms with Crippen molar-refractivity contribution in [3.8, 4) is 11.5 Å². The third-order valence-corrected chi connectivity index (χ3v) is 2.66. The van der Waals surface area contributed by atoms with Crippen LogP contribution in [0.1, 0.15) is 17.5 Å². The summed E-state index contributed by atoms with van der Waals surface area (Å²) in [6.45, 7) is 0. The second-order valence-electron chi connectivity index (χ2n) is 3.70. The Morgan fingerprint density at radius 3 is 2.86 bits per heavy atom. The molecule has 4 N–H and O–H groups in total. The van der Waals surface area contributed by atoms with Gasteiger partial charge < -0.3 is 15.9 Å². The van der Waals surface area contributed by atoms with Crippen molar-refractivity contribution in [2.24, 2.45) is 5.73 Å². The minimum atomic E-state index is -0.702. The van der Waals surface area contributed by atoms with E-state index in [0.717, 1.165) is 0 Å². The predicted molar refractivity (Wildman–Crippen MR) is 49.7 cm³/mol. The maximum Gasteiger partial charge on any atom is 0.194 e. The highest BCUT2D eigenvalue weighted by Gasteiger charge is 2.22. The SMILES string of the molecule is NC1CCc2c(cc(O)c(O)c2F)C1. The van der Waals surface area contributed by atoms with Crippen molar-refractivity contribution in [2.75, 3.05) is 0 Å². The lowest BCUT2D eigenvalue weighted by Crippen LogP contribution is -2.28. The van der Waals surface area contributed by atoms with E-state index in [2.05, 4.69) is 0 Å². The average molecular weight is 197 g/mol. The molecule has 0 heterocycles. The van der Waals surface area contributed by atoms with Crippen LogP contribution in [0.4, 0.5) is 4.39 Å². The van der Waals surface area contributed by atoms with Crippen LogP contribution >= 0.6 is 0 Å². The van der Waals surface area contributed by atoms with Gasteiger partial charge in [-0.3, -0.25) is 0 Å². The molecule has 2 rings (SSSR count). The van der Waals surface area contributed by atoms with Gasteiger partial charge in [0, 0.05) is 6.04 Å². The highest BCUT2D eigenvalue weighted by atomic mass is 19.1. The molecule has 0 spiro atoms. The first-order valence-electron chi connectivity index (χ1n) is 4.57. The first-order valence-corrected chi connectivity index (χ1v) is 4.57. The molecule has 0 bridgehead atoms. The number of halogens is 1. The van der Waals surface area contributed by atoms with Crippen molar-refractivity contribution in [3.05, 3.63) is 23.0 Å². The van der Waals surface area contributed by atoms with Gasteiger partial charge in [-0.25, -0.2) is 4.39 Å². The fourth-order valence-corrected chi connectivity index (χ4v) is 1.88. The van der Waals surface area contributed by atoms with Crippen LogP contribution in [0.25, 0.3) is 0 Å². The Morgan fingerprint density at radius 2 is 2.14 bits per heavy atom. The fraction of sp³-hybridized carbons (Fsp3) is 0.400. The molecule has 1 aromatic rings. The third kappa shape index (κ3) is 1.32. The number of phenolic OH excluding ortho intramolecular Hbond substituents is 2. The summed E-state index contributed by atoms with van der Waals surface area (Å²) in [5, 5.41) is 18.4. The van der Waals surface area contributed by atoms with E-state index in [1.807, 2.05) is 0 Å². The number of hydrogen-bond acceptors (Lipinski definition) is 3. The maximum atomic E-state index is 13.4. The number of hydrogen-bond donors (Lipinski definition) is 3. The van der Waals surface area contributed by atoms with E-state index in [4.69, 9.17) is 5.73 Å². The summed E-state index contributed by atoms with van der Waals surface area (Å²) in [5.74, 6) is -1.76. The number of rotatable bonds is 0. The molecule has 0 saturated heterocycles. The molecule has 0 radical (unpaired) electrons. The van der Waals surface area contributed by atoms with Crippen LogP contribution in [-0.4, -0.2) is 16.3 Å². The molecule has 0 saturated carbocycles. The molecular weight excluding hydrogens is 185 g/mol. The minimum absolute atomic E-state index is 0.0193. The van der Waals surface area contributed by atoms with Crippen molar-refractivity contribution in [1.82, 2.24) is 0 Å². The molecule has 1 aliphatic rings. The number of aromatic hydroxyl groups is 2. The molecule has 1 aromatic carbocycles. The lowest BCUT2D eigenvalue weighted by molar-refractivity contribution is 0.372. The van der Waals surface area contributed by atoms with Crippen LogP contribution in [0.15, 0.2) is 6.07 Å². The first-order chi connectivity index (χ1) is 6.59. The molecule has 4 heteroatoms. The van der Waals surface area contributed by atoms with Gasteiger partial charge in [0.2, 0.25) is 0 Å². The average Bonchev–Trinajstić information content (AvgIpc) is 2.14. The van der Waals surface area contributed by atoms with Gasteiger partial charge >= 0.3 is 0 Å². The minimum Gasteiger partial charge on any atom is -0.504 e. The molecule has 14 heavy (non-hydrogen) atoms. The van der Waals surface area contributed by atoms with Gasteiger partial charge in [0.15, 0.2) is 17.3 Å². The Kier molecular flexibility index (Phi) is 2.07. The van der Waals surface area contributed by atoms with Crippen molar-refractivity contribution in [2.45, 2.75) is 25.3 Å². The third-order valence-electron chi connectivity index (χ3n) is 2.66. The molecular formula is C10H12FNO2. The van der Waals surface area contributed by atoms with E-state index in [9.17, 15) is 14.6 Å². The van der Waals surface area contributed by atoms with Crippen LogP contribution in [0.2, 0.25) is 0 Å². The van der Waals surface area contributed by atoms with E-state index >= 15 is 0 Å². The van der Waals surface area contributed by atoms with E-state index < -0.39 is 17.3 Å². The van der Waals surface area contributed by atoms with Crippen LogP contribution in [0, 0.1) is 5.82 Å². The van der Waals surface area contributed by atoms with Crippen LogP contribution in [0.3, 0.4) is 0 Å². The molecule has 76 valence electrons. The van der Waals surface area contributed by atoms with Crippen molar-refractivity contribution >= 4 is 0 Å².